The normalized spacial score (nSPS) is 19.0. The average molecular weight is 175 g/mol. The van der Waals surface area contributed by atoms with Crippen LogP contribution in [0.1, 0.15) is 12.6 Å². The maximum absolute atomic E-state index is 11.2. The molecule has 0 saturated carbocycles. The number of aromatic amines is 1. The van der Waals surface area contributed by atoms with Crippen LogP contribution in [0.3, 0.4) is 0 Å². The van der Waals surface area contributed by atoms with Crippen LogP contribution in [0.15, 0.2) is 29.0 Å². The van der Waals surface area contributed by atoms with Gasteiger partial charge in [0, 0.05) is 11.9 Å². The molecule has 0 fully saturated rings. The summed E-state index contributed by atoms with van der Waals surface area (Å²) >= 11 is 0. The number of H-pyrrole nitrogens is 1. The molecule has 66 valence electrons. The summed E-state index contributed by atoms with van der Waals surface area (Å²) in [4.78, 5) is 14.2. The molecule has 2 heterocycles. The topological polar surface area (TPSA) is 57.2 Å². The maximum Gasteiger partial charge on any atom is 0.273 e. The number of hydrogen-bond acceptors (Lipinski definition) is 2. The number of rotatable bonds is 1. The summed E-state index contributed by atoms with van der Waals surface area (Å²) in [6.45, 7) is 1.80. The summed E-state index contributed by atoms with van der Waals surface area (Å²) in [6, 6.07) is 3.78. The van der Waals surface area contributed by atoms with E-state index in [4.69, 9.17) is 0 Å². The Kier molecular flexibility index (Phi) is 1.73. The van der Waals surface area contributed by atoms with Gasteiger partial charge in [-0.15, -0.1) is 0 Å². The van der Waals surface area contributed by atoms with E-state index in [-0.39, 0.29) is 5.91 Å². The molecule has 2 N–H and O–H groups in total. The average Bonchev–Trinajstić information content (AvgIpc) is 2.70. The number of carbonyl (C=O) groups is 1. The second-order valence-corrected chi connectivity index (χ2v) is 2.82. The minimum atomic E-state index is -0.146. The molecule has 2 rings (SSSR count). The van der Waals surface area contributed by atoms with Gasteiger partial charge in [0.2, 0.25) is 0 Å². The Morgan fingerprint density at radius 2 is 2.38 bits per heavy atom. The molecule has 1 aromatic rings. The van der Waals surface area contributed by atoms with Crippen molar-refractivity contribution in [3.8, 4) is 0 Å². The molecule has 0 radical (unpaired) electrons. The van der Waals surface area contributed by atoms with Crippen LogP contribution < -0.4 is 5.43 Å². The van der Waals surface area contributed by atoms with Gasteiger partial charge in [0.05, 0.1) is 11.3 Å². The van der Waals surface area contributed by atoms with Crippen LogP contribution in [-0.2, 0) is 4.79 Å². The number of aromatic nitrogens is 1. The lowest BCUT2D eigenvalue weighted by Gasteiger charge is -1.92. The van der Waals surface area contributed by atoms with Crippen molar-refractivity contribution in [3.05, 3.63) is 29.6 Å². The van der Waals surface area contributed by atoms with Crippen LogP contribution in [-0.4, -0.2) is 16.6 Å². The minimum Gasteiger partial charge on any atom is -0.362 e. The second-order valence-electron chi connectivity index (χ2n) is 2.82. The third kappa shape index (κ3) is 1.38. The predicted octanol–water partition coefficient (Wildman–Crippen LogP) is 0.904. The first-order chi connectivity index (χ1) is 6.27. The standard InChI is InChI=1S/C9H9N3O/c1-6-8(9(13)12-11-6)5-7-3-2-4-10-7/h2-5,10H,1H3,(H,12,13). The molecule has 4 nitrogen and oxygen atoms in total. The summed E-state index contributed by atoms with van der Waals surface area (Å²) in [5, 5.41) is 3.81. The fourth-order valence-corrected chi connectivity index (χ4v) is 1.18. The highest BCUT2D eigenvalue weighted by atomic mass is 16.2. The van der Waals surface area contributed by atoms with E-state index in [1.807, 2.05) is 18.3 Å². The van der Waals surface area contributed by atoms with E-state index >= 15 is 0 Å². The maximum atomic E-state index is 11.2. The third-order valence-electron chi connectivity index (χ3n) is 1.88. The highest BCUT2D eigenvalue weighted by molar-refractivity contribution is 6.26. The molecule has 1 aliphatic rings. The molecule has 1 amide bonds. The van der Waals surface area contributed by atoms with Crippen molar-refractivity contribution in [2.24, 2.45) is 5.10 Å². The fourth-order valence-electron chi connectivity index (χ4n) is 1.18. The van der Waals surface area contributed by atoms with Gasteiger partial charge in [-0.25, -0.2) is 5.43 Å². The van der Waals surface area contributed by atoms with Crippen LogP contribution in [0.4, 0.5) is 0 Å². The number of hydrogen-bond donors (Lipinski definition) is 2. The van der Waals surface area contributed by atoms with Crippen molar-refractivity contribution >= 4 is 17.7 Å². The van der Waals surface area contributed by atoms with Gasteiger partial charge in [0.25, 0.3) is 5.91 Å². The van der Waals surface area contributed by atoms with Crippen LogP contribution in [0, 0.1) is 0 Å². The first-order valence-corrected chi connectivity index (χ1v) is 3.97. The van der Waals surface area contributed by atoms with Gasteiger partial charge in [-0.05, 0) is 25.1 Å². The quantitative estimate of drug-likeness (QED) is 0.612. The molecule has 0 aromatic carbocycles. The van der Waals surface area contributed by atoms with E-state index in [1.165, 1.54) is 0 Å². The zero-order chi connectivity index (χ0) is 9.26. The lowest BCUT2D eigenvalue weighted by atomic mass is 10.1. The van der Waals surface area contributed by atoms with Crippen molar-refractivity contribution in [1.29, 1.82) is 0 Å². The molecule has 0 spiro atoms. The molecule has 0 saturated heterocycles. The zero-order valence-electron chi connectivity index (χ0n) is 7.16. The summed E-state index contributed by atoms with van der Waals surface area (Å²) < 4.78 is 0. The van der Waals surface area contributed by atoms with E-state index < -0.39 is 0 Å². The Bertz CT molecular complexity index is 387. The van der Waals surface area contributed by atoms with Gasteiger partial charge in [0.1, 0.15) is 0 Å². The molecule has 1 aliphatic heterocycles. The smallest absolute Gasteiger partial charge is 0.273 e. The van der Waals surface area contributed by atoms with Gasteiger partial charge < -0.3 is 4.98 Å². The molecule has 13 heavy (non-hydrogen) atoms. The van der Waals surface area contributed by atoms with E-state index in [0.29, 0.717) is 5.57 Å². The number of hydrazone groups is 1. The third-order valence-corrected chi connectivity index (χ3v) is 1.88. The largest absolute Gasteiger partial charge is 0.362 e. The Hall–Kier alpha value is -1.84. The van der Waals surface area contributed by atoms with Crippen LogP contribution in [0.5, 0.6) is 0 Å². The Balaban J connectivity index is 2.35. The summed E-state index contributed by atoms with van der Waals surface area (Å²) in [5.41, 5.74) is 4.64. The Morgan fingerprint density at radius 1 is 1.54 bits per heavy atom. The van der Waals surface area contributed by atoms with Crippen molar-refractivity contribution in [1.82, 2.24) is 10.4 Å². The zero-order valence-corrected chi connectivity index (χ0v) is 7.16. The van der Waals surface area contributed by atoms with Crippen molar-refractivity contribution < 1.29 is 4.79 Å². The van der Waals surface area contributed by atoms with E-state index in [1.54, 1.807) is 13.0 Å². The Morgan fingerprint density at radius 3 is 2.92 bits per heavy atom. The molecular formula is C9H9N3O. The van der Waals surface area contributed by atoms with Gasteiger partial charge in [-0.3, -0.25) is 4.79 Å². The molecule has 0 bridgehead atoms. The molecule has 0 unspecified atom stereocenters. The first-order valence-electron chi connectivity index (χ1n) is 3.97. The monoisotopic (exact) mass is 175 g/mol. The van der Waals surface area contributed by atoms with Crippen molar-refractivity contribution in [2.75, 3.05) is 0 Å². The molecule has 1 aromatic heterocycles. The van der Waals surface area contributed by atoms with E-state index in [9.17, 15) is 4.79 Å². The highest BCUT2D eigenvalue weighted by Gasteiger charge is 2.18. The molecular weight excluding hydrogens is 166 g/mol. The lowest BCUT2D eigenvalue weighted by Crippen LogP contribution is -2.12. The lowest BCUT2D eigenvalue weighted by molar-refractivity contribution is -0.116. The number of nitrogens with one attached hydrogen (secondary N) is 2. The minimum absolute atomic E-state index is 0.146. The first kappa shape index (κ1) is 7.79. The predicted molar refractivity (Wildman–Crippen MR) is 50.0 cm³/mol. The Labute approximate surface area is 75.3 Å². The highest BCUT2D eigenvalue weighted by Crippen LogP contribution is 2.10. The number of carbonyl (C=O) groups excluding carboxylic acids is 1. The molecule has 4 heteroatoms. The number of amides is 1. The number of nitrogens with zero attached hydrogens (tertiary/aromatic N) is 1. The molecule has 0 atom stereocenters. The van der Waals surface area contributed by atoms with Gasteiger partial charge >= 0.3 is 0 Å². The van der Waals surface area contributed by atoms with Crippen molar-refractivity contribution in [3.63, 3.8) is 0 Å². The van der Waals surface area contributed by atoms with Gasteiger partial charge in [-0.1, -0.05) is 0 Å². The second kappa shape index (κ2) is 2.90. The summed E-state index contributed by atoms with van der Waals surface area (Å²) in [6.07, 6.45) is 3.59. The fraction of sp³-hybridized carbons (Fsp3) is 0.111. The van der Waals surface area contributed by atoms with Crippen LogP contribution in [0.25, 0.3) is 6.08 Å². The van der Waals surface area contributed by atoms with Crippen LogP contribution in [0.2, 0.25) is 0 Å². The molecule has 0 aliphatic carbocycles. The van der Waals surface area contributed by atoms with E-state index in [2.05, 4.69) is 15.5 Å². The van der Waals surface area contributed by atoms with Gasteiger partial charge in [-0.2, -0.15) is 5.10 Å². The van der Waals surface area contributed by atoms with Crippen LogP contribution >= 0.6 is 0 Å². The SMILES string of the molecule is CC1=NNC(=O)C1=Cc1ccc[nH]1. The van der Waals surface area contributed by atoms with Gasteiger partial charge in [0.15, 0.2) is 0 Å². The van der Waals surface area contributed by atoms with Crippen molar-refractivity contribution in [2.45, 2.75) is 6.92 Å². The summed E-state index contributed by atoms with van der Waals surface area (Å²) in [7, 11) is 0. The van der Waals surface area contributed by atoms with E-state index in [0.717, 1.165) is 11.4 Å². The summed E-state index contributed by atoms with van der Waals surface area (Å²) in [5.74, 6) is -0.146.